The summed E-state index contributed by atoms with van der Waals surface area (Å²) in [7, 11) is 0. The Hall–Kier alpha value is -1.96. The van der Waals surface area contributed by atoms with Crippen molar-refractivity contribution < 1.29 is 10.2 Å². The zero-order chi connectivity index (χ0) is 20.7. The lowest BCUT2D eigenvalue weighted by atomic mass is 9.78. The van der Waals surface area contributed by atoms with Gasteiger partial charge in [-0.05, 0) is 53.4 Å². The summed E-state index contributed by atoms with van der Waals surface area (Å²) in [5.41, 5.74) is 5.99. The van der Waals surface area contributed by atoms with Gasteiger partial charge in [0.1, 0.15) is 11.5 Å². The second-order valence-corrected chi connectivity index (χ2v) is 9.92. The molecule has 2 nitrogen and oxygen atoms in total. The molecule has 0 aliphatic heterocycles. The van der Waals surface area contributed by atoms with Crippen molar-refractivity contribution in [2.24, 2.45) is 0 Å². The standard InChI is InChI=1S/C25H36O2/c1-10-19(20-13-17(24(4,5)6)11-15(2)22(20)26)21-14-18(25(7,8)9)12-16(3)23(21)27/h11-14,19,26-27H,10H2,1-9H3. The van der Waals surface area contributed by atoms with Crippen molar-refractivity contribution in [2.45, 2.75) is 85.5 Å². The summed E-state index contributed by atoms with van der Waals surface area (Å²) in [4.78, 5) is 0. The third kappa shape index (κ3) is 4.31. The zero-order valence-electron chi connectivity index (χ0n) is 18.5. The van der Waals surface area contributed by atoms with Crippen LogP contribution >= 0.6 is 0 Å². The topological polar surface area (TPSA) is 40.5 Å². The highest BCUT2D eigenvalue weighted by Crippen LogP contribution is 2.43. The maximum atomic E-state index is 10.9. The molecule has 0 radical (unpaired) electrons. The number of rotatable bonds is 3. The van der Waals surface area contributed by atoms with E-state index >= 15 is 0 Å². The summed E-state index contributed by atoms with van der Waals surface area (Å²) in [5, 5.41) is 21.7. The van der Waals surface area contributed by atoms with Gasteiger partial charge in [-0.15, -0.1) is 0 Å². The van der Waals surface area contributed by atoms with Gasteiger partial charge in [0.15, 0.2) is 0 Å². The van der Waals surface area contributed by atoms with Crippen molar-refractivity contribution in [3.05, 3.63) is 57.6 Å². The van der Waals surface area contributed by atoms with Crippen LogP contribution in [0.25, 0.3) is 0 Å². The lowest BCUT2D eigenvalue weighted by molar-refractivity contribution is 0.446. The molecular formula is C25H36O2. The van der Waals surface area contributed by atoms with Crippen molar-refractivity contribution in [3.8, 4) is 11.5 Å². The largest absolute Gasteiger partial charge is 0.507 e. The van der Waals surface area contributed by atoms with Gasteiger partial charge < -0.3 is 10.2 Å². The minimum Gasteiger partial charge on any atom is -0.507 e. The number of aromatic hydroxyl groups is 2. The van der Waals surface area contributed by atoms with Gasteiger partial charge in [-0.3, -0.25) is 0 Å². The predicted octanol–water partition coefficient (Wildman–Crippen LogP) is 6.85. The summed E-state index contributed by atoms with van der Waals surface area (Å²) >= 11 is 0. The molecular weight excluding hydrogens is 332 g/mol. The van der Waals surface area contributed by atoms with Gasteiger partial charge in [-0.1, -0.05) is 72.7 Å². The number of phenolic OH excluding ortho intramolecular Hbond substituents is 2. The SMILES string of the molecule is CCC(c1cc(C(C)(C)C)cc(C)c1O)c1cc(C(C)(C)C)cc(C)c1O. The second-order valence-electron chi connectivity index (χ2n) is 9.92. The van der Waals surface area contributed by atoms with E-state index in [1.165, 1.54) is 11.1 Å². The third-order valence-corrected chi connectivity index (χ3v) is 5.55. The van der Waals surface area contributed by atoms with Crippen molar-refractivity contribution >= 4 is 0 Å². The molecule has 27 heavy (non-hydrogen) atoms. The van der Waals surface area contributed by atoms with Crippen molar-refractivity contribution in [2.75, 3.05) is 0 Å². The van der Waals surface area contributed by atoms with Crippen LogP contribution in [-0.2, 0) is 10.8 Å². The molecule has 0 saturated heterocycles. The molecule has 0 unspecified atom stereocenters. The van der Waals surface area contributed by atoms with Crippen molar-refractivity contribution in [3.63, 3.8) is 0 Å². The Kier molecular flexibility index (Phi) is 5.71. The Balaban J connectivity index is 2.75. The van der Waals surface area contributed by atoms with Crippen LogP contribution in [-0.4, -0.2) is 10.2 Å². The van der Waals surface area contributed by atoms with Gasteiger partial charge in [0, 0.05) is 17.0 Å². The first-order valence-electron chi connectivity index (χ1n) is 9.95. The van der Waals surface area contributed by atoms with Crippen LogP contribution < -0.4 is 0 Å². The Labute approximate surface area is 165 Å². The van der Waals surface area contributed by atoms with E-state index in [2.05, 4.69) is 72.7 Å². The van der Waals surface area contributed by atoms with Crippen LogP contribution in [0.15, 0.2) is 24.3 Å². The molecule has 2 heteroatoms. The summed E-state index contributed by atoms with van der Waals surface area (Å²) in [5.74, 6) is 0.633. The summed E-state index contributed by atoms with van der Waals surface area (Å²) in [6.07, 6.45) is 0.807. The first-order valence-corrected chi connectivity index (χ1v) is 9.95. The summed E-state index contributed by atoms with van der Waals surface area (Å²) in [6, 6.07) is 8.38. The average molecular weight is 369 g/mol. The van der Waals surface area contributed by atoms with Crippen LogP contribution in [0, 0.1) is 13.8 Å². The van der Waals surface area contributed by atoms with Gasteiger partial charge in [-0.25, -0.2) is 0 Å². The van der Waals surface area contributed by atoms with Crippen molar-refractivity contribution in [1.29, 1.82) is 0 Å². The van der Waals surface area contributed by atoms with Crippen LogP contribution in [0.4, 0.5) is 0 Å². The normalized spacial score (nSPS) is 12.7. The van der Waals surface area contributed by atoms with E-state index in [9.17, 15) is 10.2 Å². The average Bonchev–Trinajstić information content (AvgIpc) is 2.53. The van der Waals surface area contributed by atoms with Gasteiger partial charge in [0.2, 0.25) is 0 Å². The molecule has 0 aliphatic carbocycles. The van der Waals surface area contributed by atoms with Crippen LogP contribution in [0.5, 0.6) is 11.5 Å². The first-order chi connectivity index (χ1) is 12.3. The molecule has 0 aliphatic rings. The van der Waals surface area contributed by atoms with Crippen LogP contribution in [0.2, 0.25) is 0 Å². The smallest absolute Gasteiger partial charge is 0.122 e. The predicted molar refractivity (Wildman–Crippen MR) is 115 cm³/mol. The highest BCUT2D eigenvalue weighted by atomic mass is 16.3. The Morgan fingerprint density at radius 2 is 1.04 bits per heavy atom. The van der Waals surface area contributed by atoms with E-state index in [1.807, 2.05) is 13.8 Å². The molecule has 0 aromatic heterocycles. The van der Waals surface area contributed by atoms with E-state index in [0.717, 1.165) is 28.7 Å². The van der Waals surface area contributed by atoms with E-state index in [-0.39, 0.29) is 16.7 Å². The van der Waals surface area contributed by atoms with Crippen LogP contribution in [0.1, 0.15) is 94.2 Å². The zero-order valence-corrected chi connectivity index (χ0v) is 18.5. The number of hydrogen-bond acceptors (Lipinski definition) is 2. The monoisotopic (exact) mass is 368 g/mol. The molecule has 2 aromatic rings. The number of hydrogen-bond donors (Lipinski definition) is 2. The Morgan fingerprint density at radius 1 is 0.704 bits per heavy atom. The highest BCUT2D eigenvalue weighted by Gasteiger charge is 2.26. The first kappa shape index (κ1) is 21.3. The fourth-order valence-electron chi connectivity index (χ4n) is 3.62. The van der Waals surface area contributed by atoms with E-state index < -0.39 is 0 Å². The molecule has 2 rings (SSSR count). The van der Waals surface area contributed by atoms with E-state index in [0.29, 0.717) is 11.5 Å². The fraction of sp³-hybridized carbons (Fsp3) is 0.520. The quantitative estimate of drug-likeness (QED) is 0.622. The number of benzene rings is 2. The molecule has 2 N–H and O–H groups in total. The summed E-state index contributed by atoms with van der Waals surface area (Å²) < 4.78 is 0. The molecule has 148 valence electrons. The Morgan fingerprint density at radius 3 is 1.30 bits per heavy atom. The maximum Gasteiger partial charge on any atom is 0.122 e. The fourth-order valence-corrected chi connectivity index (χ4v) is 3.62. The van der Waals surface area contributed by atoms with E-state index in [1.54, 1.807) is 0 Å². The van der Waals surface area contributed by atoms with Crippen LogP contribution in [0.3, 0.4) is 0 Å². The lowest BCUT2D eigenvalue weighted by Crippen LogP contribution is -2.15. The Bertz CT molecular complexity index is 763. The lowest BCUT2D eigenvalue weighted by Gasteiger charge is -2.27. The minimum atomic E-state index is -0.0491. The van der Waals surface area contributed by atoms with Crippen molar-refractivity contribution in [1.82, 2.24) is 0 Å². The van der Waals surface area contributed by atoms with E-state index in [4.69, 9.17) is 0 Å². The summed E-state index contributed by atoms with van der Waals surface area (Å²) in [6.45, 7) is 19.1. The number of phenols is 2. The molecule has 0 amide bonds. The highest BCUT2D eigenvalue weighted by molar-refractivity contribution is 5.54. The molecule has 0 atom stereocenters. The third-order valence-electron chi connectivity index (χ3n) is 5.55. The van der Waals surface area contributed by atoms with Gasteiger partial charge in [0.05, 0.1) is 0 Å². The van der Waals surface area contributed by atoms with Gasteiger partial charge in [0.25, 0.3) is 0 Å². The maximum absolute atomic E-state index is 10.9. The molecule has 2 aromatic carbocycles. The molecule has 0 saturated carbocycles. The van der Waals surface area contributed by atoms with Gasteiger partial charge >= 0.3 is 0 Å². The minimum absolute atomic E-state index is 0.00325. The molecule has 0 fully saturated rings. The molecule has 0 bridgehead atoms. The van der Waals surface area contributed by atoms with Gasteiger partial charge in [-0.2, -0.15) is 0 Å². The number of aryl methyl sites for hydroxylation is 2. The molecule has 0 spiro atoms. The molecule has 0 heterocycles. The second kappa shape index (κ2) is 7.22.